The molecule has 0 aromatic heterocycles. The van der Waals surface area contributed by atoms with Gasteiger partial charge in [-0.3, -0.25) is 9.59 Å². The van der Waals surface area contributed by atoms with Crippen LogP contribution in [-0.2, 0) is 9.59 Å². The van der Waals surface area contributed by atoms with Gasteiger partial charge in [0.1, 0.15) is 11.4 Å². The van der Waals surface area contributed by atoms with Crippen LogP contribution in [0.15, 0.2) is 54.2 Å². The molecule has 27 heavy (non-hydrogen) atoms. The molecule has 0 saturated heterocycles. The molecule has 0 heterocycles. The fourth-order valence-electron chi connectivity index (χ4n) is 2.42. The van der Waals surface area contributed by atoms with E-state index in [1.165, 1.54) is 6.92 Å². The van der Waals surface area contributed by atoms with E-state index in [2.05, 4.69) is 17.6 Å². The number of aryl methyl sites for hydroxylation is 1. The summed E-state index contributed by atoms with van der Waals surface area (Å²) in [4.78, 5) is 24.1. The van der Waals surface area contributed by atoms with Crippen LogP contribution in [0.5, 0.6) is 5.75 Å². The summed E-state index contributed by atoms with van der Waals surface area (Å²) in [5, 5.41) is 5.41. The molecule has 0 fully saturated rings. The van der Waals surface area contributed by atoms with Crippen LogP contribution in [0.25, 0.3) is 6.08 Å². The highest BCUT2D eigenvalue weighted by atomic mass is 16.5. The van der Waals surface area contributed by atoms with Gasteiger partial charge in [0.05, 0.1) is 6.61 Å². The van der Waals surface area contributed by atoms with Gasteiger partial charge in [0.15, 0.2) is 0 Å². The molecule has 2 aromatic carbocycles. The van der Waals surface area contributed by atoms with Crippen LogP contribution in [-0.4, -0.2) is 18.4 Å². The molecule has 2 rings (SSSR count). The fourth-order valence-corrected chi connectivity index (χ4v) is 2.42. The van der Waals surface area contributed by atoms with Crippen LogP contribution in [0.4, 0.5) is 5.69 Å². The number of ether oxygens (including phenoxy) is 1. The molecule has 0 aliphatic heterocycles. The summed E-state index contributed by atoms with van der Waals surface area (Å²) in [6.07, 6.45) is 3.75. The van der Waals surface area contributed by atoms with Gasteiger partial charge in [-0.25, -0.2) is 0 Å². The van der Waals surface area contributed by atoms with Crippen molar-refractivity contribution in [2.45, 2.75) is 33.6 Å². The van der Waals surface area contributed by atoms with Crippen LogP contribution in [0.1, 0.15) is 37.8 Å². The number of rotatable bonds is 8. The van der Waals surface area contributed by atoms with Crippen molar-refractivity contribution >= 4 is 23.6 Å². The minimum atomic E-state index is -0.381. The zero-order chi connectivity index (χ0) is 19.6. The van der Waals surface area contributed by atoms with E-state index in [1.807, 2.05) is 43.3 Å². The summed E-state index contributed by atoms with van der Waals surface area (Å²) >= 11 is 0. The normalized spacial score (nSPS) is 11.0. The van der Waals surface area contributed by atoms with E-state index in [0.717, 1.165) is 29.7 Å². The lowest BCUT2D eigenvalue weighted by Gasteiger charge is -2.11. The summed E-state index contributed by atoms with van der Waals surface area (Å²) in [6.45, 7) is 6.11. The second-order valence-corrected chi connectivity index (χ2v) is 6.28. The Hall–Kier alpha value is -3.08. The minimum absolute atomic E-state index is 0.195. The van der Waals surface area contributed by atoms with E-state index in [-0.39, 0.29) is 17.5 Å². The van der Waals surface area contributed by atoms with Crippen molar-refractivity contribution in [2.24, 2.45) is 0 Å². The molecule has 0 aliphatic rings. The first-order valence-electron chi connectivity index (χ1n) is 9.08. The highest BCUT2D eigenvalue weighted by Crippen LogP contribution is 2.17. The van der Waals surface area contributed by atoms with Crippen LogP contribution in [0.2, 0.25) is 0 Å². The molecule has 0 unspecified atom stereocenters. The van der Waals surface area contributed by atoms with Gasteiger partial charge in [-0.2, -0.15) is 0 Å². The summed E-state index contributed by atoms with van der Waals surface area (Å²) in [5.41, 5.74) is 2.71. The molecule has 2 amide bonds. The quantitative estimate of drug-likeness (QED) is 0.541. The smallest absolute Gasteiger partial charge is 0.272 e. The number of nitrogens with one attached hydrogen (secondary N) is 2. The Morgan fingerprint density at radius 3 is 2.41 bits per heavy atom. The van der Waals surface area contributed by atoms with Crippen molar-refractivity contribution in [2.75, 3.05) is 11.9 Å². The summed E-state index contributed by atoms with van der Waals surface area (Å²) in [6, 6.07) is 14.8. The number of hydrogen-bond acceptors (Lipinski definition) is 3. The first kappa shape index (κ1) is 20.2. The van der Waals surface area contributed by atoms with Crippen LogP contribution in [0, 0.1) is 6.92 Å². The maximum atomic E-state index is 12.6. The van der Waals surface area contributed by atoms with Gasteiger partial charge in [-0.05, 0) is 54.8 Å². The lowest BCUT2D eigenvalue weighted by atomic mass is 10.1. The minimum Gasteiger partial charge on any atom is -0.494 e. The zero-order valence-electron chi connectivity index (χ0n) is 16.0. The lowest BCUT2D eigenvalue weighted by Crippen LogP contribution is -2.29. The molecule has 0 bridgehead atoms. The Balaban J connectivity index is 2.12. The second kappa shape index (κ2) is 10.2. The van der Waals surface area contributed by atoms with Gasteiger partial charge in [-0.15, -0.1) is 0 Å². The number of benzene rings is 2. The average molecular weight is 366 g/mol. The molecule has 5 heteroatoms. The van der Waals surface area contributed by atoms with E-state index in [0.29, 0.717) is 12.3 Å². The third-order valence-electron chi connectivity index (χ3n) is 3.92. The third kappa shape index (κ3) is 6.62. The van der Waals surface area contributed by atoms with Gasteiger partial charge >= 0.3 is 0 Å². The topological polar surface area (TPSA) is 67.4 Å². The van der Waals surface area contributed by atoms with Crippen molar-refractivity contribution in [3.8, 4) is 5.75 Å². The second-order valence-electron chi connectivity index (χ2n) is 6.28. The number of hydrogen-bond donors (Lipinski definition) is 2. The van der Waals surface area contributed by atoms with E-state index in [9.17, 15) is 9.59 Å². The van der Waals surface area contributed by atoms with E-state index < -0.39 is 0 Å². The SMILES string of the molecule is CCCCOc1ccc(NC(=O)C(=Cc2ccccc2C)NC(C)=O)cc1. The molecular weight excluding hydrogens is 340 g/mol. The van der Waals surface area contributed by atoms with Crippen LogP contribution in [0.3, 0.4) is 0 Å². The maximum absolute atomic E-state index is 12.6. The summed E-state index contributed by atoms with van der Waals surface area (Å²) in [5.74, 6) is 0.0803. The van der Waals surface area contributed by atoms with E-state index in [4.69, 9.17) is 4.74 Å². The number of amides is 2. The molecule has 0 aliphatic carbocycles. The predicted molar refractivity (Wildman–Crippen MR) is 108 cm³/mol. The maximum Gasteiger partial charge on any atom is 0.272 e. The third-order valence-corrected chi connectivity index (χ3v) is 3.92. The van der Waals surface area contributed by atoms with Crippen molar-refractivity contribution < 1.29 is 14.3 Å². The summed E-state index contributed by atoms with van der Waals surface area (Å²) in [7, 11) is 0. The molecule has 2 aromatic rings. The molecule has 0 atom stereocenters. The van der Waals surface area contributed by atoms with Crippen molar-refractivity contribution in [1.82, 2.24) is 5.32 Å². The standard InChI is InChI=1S/C22H26N2O3/c1-4-5-14-27-20-12-10-19(11-13-20)24-22(26)21(23-17(3)25)15-18-9-7-6-8-16(18)2/h6-13,15H,4-5,14H2,1-3H3,(H,23,25)(H,24,26). The zero-order valence-corrected chi connectivity index (χ0v) is 16.0. The van der Waals surface area contributed by atoms with Gasteiger partial charge < -0.3 is 15.4 Å². The highest BCUT2D eigenvalue weighted by molar-refractivity contribution is 6.08. The average Bonchev–Trinajstić information content (AvgIpc) is 2.64. The van der Waals surface area contributed by atoms with Gasteiger partial charge in [0.25, 0.3) is 5.91 Å². The Labute approximate surface area is 160 Å². The Bertz CT molecular complexity index is 811. The number of unbranched alkanes of at least 4 members (excludes halogenated alkanes) is 1. The van der Waals surface area contributed by atoms with Crippen LogP contribution < -0.4 is 15.4 Å². The number of carbonyl (C=O) groups is 2. The molecular formula is C22H26N2O3. The molecule has 0 radical (unpaired) electrons. The van der Waals surface area contributed by atoms with Crippen LogP contribution >= 0.6 is 0 Å². The largest absolute Gasteiger partial charge is 0.494 e. The van der Waals surface area contributed by atoms with E-state index in [1.54, 1.807) is 18.2 Å². The van der Waals surface area contributed by atoms with Gasteiger partial charge in [0, 0.05) is 12.6 Å². The number of carbonyl (C=O) groups excluding carboxylic acids is 2. The molecule has 142 valence electrons. The molecule has 0 saturated carbocycles. The summed E-state index contributed by atoms with van der Waals surface area (Å²) < 4.78 is 5.62. The molecule has 2 N–H and O–H groups in total. The Kier molecular flexibility index (Phi) is 7.62. The van der Waals surface area contributed by atoms with Crippen molar-refractivity contribution in [3.05, 3.63) is 65.4 Å². The van der Waals surface area contributed by atoms with Gasteiger partial charge in [-0.1, -0.05) is 37.6 Å². The fraction of sp³-hybridized carbons (Fsp3) is 0.273. The number of anilines is 1. The molecule has 0 spiro atoms. The highest BCUT2D eigenvalue weighted by Gasteiger charge is 2.12. The predicted octanol–water partition coefficient (Wildman–Crippen LogP) is 4.29. The lowest BCUT2D eigenvalue weighted by molar-refractivity contribution is -0.120. The van der Waals surface area contributed by atoms with Crippen molar-refractivity contribution in [1.29, 1.82) is 0 Å². The monoisotopic (exact) mass is 366 g/mol. The van der Waals surface area contributed by atoms with E-state index >= 15 is 0 Å². The first-order valence-corrected chi connectivity index (χ1v) is 9.08. The first-order chi connectivity index (χ1) is 13.0. The molecule has 5 nitrogen and oxygen atoms in total. The Morgan fingerprint density at radius 2 is 1.78 bits per heavy atom. The van der Waals surface area contributed by atoms with Gasteiger partial charge in [0.2, 0.25) is 5.91 Å². The van der Waals surface area contributed by atoms with Crippen molar-refractivity contribution in [3.63, 3.8) is 0 Å². The Morgan fingerprint density at radius 1 is 1.07 bits per heavy atom.